The predicted molar refractivity (Wildman–Crippen MR) is 484 cm³/mol. The van der Waals surface area contributed by atoms with Crippen molar-refractivity contribution in [2.75, 3.05) is 52.9 Å². The van der Waals surface area contributed by atoms with Gasteiger partial charge in [0.15, 0.2) is 0 Å². The molecule has 6 bridgehead atoms. The van der Waals surface area contributed by atoms with Crippen LogP contribution in [0.15, 0.2) is 78.5 Å². The Labute approximate surface area is 702 Å². The number of ether oxygens (including phenoxy) is 8. The summed E-state index contributed by atoms with van der Waals surface area (Å²) in [7, 11) is 17.9. The molecule has 0 aliphatic carbocycles. The zero-order valence-electron chi connectivity index (χ0n) is 72.3. The Morgan fingerprint density at radius 3 is 0.617 bits per heavy atom. The van der Waals surface area contributed by atoms with E-state index in [1.165, 1.54) is 180 Å². The Hall–Kier alpha value is -6.24. The summed E-state index contributed by atoms with van der Waals surface area (Å²) in [5.74, 6) is 7.65. The van der Waals surface area contributed by atoms with E-state index in [-0.39, 0.29) is 0 Å². The van der Waals surface area contributed by atoms with E-state index in [0.29, 0.717) is 166 Å². The standard InChI is InChI=1S/C96H144Cl2GeN8O8/c1-9-17-25-33-41-49-57-108-81-65-73-74(66-82(81)109-58-50-42-34-26-18-10-2)90-100-89(73)102-93-77-69-85(112-61-53-45-37-29-21-13-5)86(113-62-54-46-38-30-22-14-6)70-78(77)95-104-91-75-67-83(110-59-51-43-35-27-19-11-3)84(111-60-52-44-36-28-20-12-4)68-76(75)92(101-91)105-96-80-72-88(115-64-56-48-40-32-24-16-8)87(114-63-55-47-39-31-23-15-7)71-79(80)94(103-90)107(96)99(97,98)106(93)95/h65-72H,9-64H2,1-8H3. The predicted octanol–water partition coefficient (Wildman–Crippen LogP) is 27.8. The molecule has 10 rings (SSSR count). The number of rotatable bonds is 64. The number of aliphatic imine (C=N–C) groups is 4. The Balaban J connectivity index is 1.27. The van der Waals surface area contributed by atoms with Gasteiger partial charge in [0.05, 0.1) is 0 Å². The van der Waals surface area contributed by atoms with Crippen molar-refractivity contribution in [3.05, 3.63) is 81.8 Å². The van der Waals surface area contributed by atoms with Crippen molar-refractivity contribution >= 4 is 88.4 Å². The van der Waals surface area contributed by atoms with Crippen molar-refractivity contribution < 1.29 is 37.9 Å². The Kier molecular flexibility index (Phi) is 40.1. The molecule has 0 saturated carbocycles. The number of halogens is 2. The van der Waals surface area contributed by atoms with E-state index < -0.39 is 11.9 Å². The average Bonchev–Trinajstić information content (AvgIpc) is 1.54. The fourth-order valence-corrected chi connectivity index (χ4v) is 23.4. The molecular weight excluding hydrogens is 1540 g/mol. The van der Waals surface area contributed by atoms with Crippen molar-refractivity contribution in [1.82, 2.24) is 7.05 Å². The van der Waals surface area contributed by atoms with E-state index in [4.69, 9.17) is 87.9 Å². The summed E-state index contributed by atoms with van der Waals surface area (Å²) in [4.78, 5) is 34.7. The summed E-state index contributed by atoms with van der Waals surface area (Å²) < 4.78 is 60.0. The molecule has 0 amide bonds. The van der Waals surface area contributed by atoms with Crippen LogP contribution in [0.5, 0.6) is 46.0 Å². The van der Waals surface area contributed by atoms with E-state index in [1.54, 1.807) is 0 Å². The van der Waals surface area contributed by atoms with Crippen LogP contribution in [0, 0.1) is 0 Å². The maximum atomic E-state index is 8.94. The van der Waals surface area contributed by atoms with Gasteiger partial charge in [-0.25, -0.2) is 0 Å². The third-order valence-corrected chi connectivity index (χ3v) is 30.5. The Morgan fingerprint density at radius 1 is 0.217 bits per heavy atom. The van der Waals surface area contributed by atoms with Gasteiger partial charge < -0.3 is 0 Å². The first-order valence-electron chi connectivity index (χ1n) is 46.6. The van der Waals surface area contributed by atoms with E-state index in [1.807, 2.05) is 7.05 Å². The number of fused-ring (bicyclic) bond motifs is 14. The second-order valence-corrected chi connectivity index (χ2v) is 43.2. The normalized spacial score (nSPS) is 13.6. The minimum atomic E-state index is -5.39. The third kappa shape index (κ3) is 26.4. The molecule has 0 saturated heterocycles. The van der Waals surface area contributed by atoms with Crippen molar-refractivity contribution in [1.29, 1.82) is 0 Å². The summed E-state index contributed by atoms with van der Waals surface area (Å²) in [6, 6.07) is 16.7. The van der Waals surface area contributed by atoms with Crippen LogP contribution in [0.1, 0.15) is 386 Å². The molecule has 4 aliphatic heterocycles. The summed E-state index contributed by atoms with van der Waals surface area (Å²) in [6.45, 7) is 22.3. The topological polar surface area (TPSA) is 158 Å². The molecule has 6 heterocycles. The summed E-state index contributed by atoms with van der Waals surface area (Å²) >= 11 is -5.39. The molecule has 0 fully saturated rings. The monoisotopic (exact) mass is 1680 g/mol. The quantitative estimate of drug-likeness (QED) is 0.0270. The van der Waals surface area contributed by atoms with Gasteiger partial charge in [0, 0.05) is 0 Å². The fourth-order valence-electron chi connectivity index (χ4n) is 16.1. The SMILES string of the molecule is CCCCCCCCOc1cc2c(cc1OCCCCCCCC)C1=Nc3c4cc(OCCCCCCCC)c(OCCCCCCCC)cc4c4[n]3[Ge]([Cl])([Cl])[n]3c(c5cc(OCCCCCCCC)c(OCCCCCCCC)cc5c3=NC3=NC(=N4)c4cc(OCCCCCCCC)c(OCCCCCCCC)cc43)=NC2=N1. The van der Waals surface area contributed by atoms with E-state index in [2.05, 4.69) is 104 Å². The molecule has 4 aliphatic rings. The number of amidine groups is 4. The average molecular weight is 1680 g/mol. The van der Waals surface area contributed by atoms with E-state index in [0.717, 1.165) is 151 Å². The van der Waals surface area contributed by atoms with Gasteiger partial charge in [-0.05, 0) is 0 Å². The van der Waals surface area contributed by atoms with Gasteiger partial charge in [0.25, 0.3) is 0 Å². The first-order valence-corrected chi connectivity index (χ1v) is 54.0. The van der Waals surface area contributed by atoms with E-state index >= 15 is 0 Å². The van der Waals surface area contributed by atoms with Crippen LogP contribution in [-0.4, -0.2) is 95.1 Å². The van der Waals surface area contributed by atoms with E-state index in [9.17, 15) is 0 Å². The Morgan fingerprint density at radius 2 is 0.400 bits per heavy atom. The number of hydrogen-bond acceptors (Lipinski definition) is 14. The second-order valence-electron chi connectivity index (χ2n) is 32.7. The molecule has 0 N–H and O–H groups in total. The fraction of sp³-hybridized carbons (Fsp3) is 0.667. The second kappa shape index (κ2) is 50.6. The molecule has 0 unspecified atom stereocenters. The molecule has 19 heteroatoms. The number of hydrogen-bond donors (Lipinski definition) is 0. The summed E-state index contributed by atoms with van der Waals surface area (Å²) in [5.41, 5.74) is 3.89. The molecule has 2 aromatic heterocycles. The first-order chi connectivity index (χ1) is 56.6. The molecule has 0 atom stereocenters. The van der Waals surface area contributed by atoms with Crippen molar-refractivity contribution in [2.45, 2.75) is 364 Å². The third-order valence-electron chi connectivity index (χ3n) is 23.0. The summed E-state index contributed by atoms with van der Waals surface area (Å²) in [6.07, 6.45) is 54.2. The molecule has 16 nitrogen and oxygen atoms in total. The number of benzene rings is 4. The van der Waals surface area contributed by atoms with Crippen LogP contribution in [0.25, 0.3) is 21.5 Å². The summed E-state index contributed by atoms with van der Waals surface area (Å²) in [5, 5.41) is 2.85. The van der Waals surface area contributed by atoms with Crippen molar-refractivity contribution in [3.8, 4) is 46.0 Å². The Bertz CT molecular complexity index is 3970. The van der Waals surface area contributed by atoms with Gasteiger partial charge in [-0.2, -0.15) is 0 Å². The van der Waals surface area contributed by atoms with Crippen LogP contribution < -0.4 is 48.9 Å². The zero-order valence-corrected chi connectivity index (χ0v) is 75.9. The molecule has 6 aromatic rings. The van der Waals surface area contributed by atoms with Gasteiger partial charge in [0.1, 0.15) is 0 Å². The molecule has 0 spiro atoms. The van der Waals surface area contributed by atoms with Crippen LogP contribution in [0.3, 0.4) is 0 Å². The zero-order chi connectivity index (χ0) is 80.7. The maximum absolute atomic E-state index is 8.94. The van der Waals surface area contributed by atoms with Gasteiger partial charge in [-0.1, -0.05) is 158 Å². The molecule has 4 aromatic carbocycles. The number of nitrogens with zero attached hydrogens (tertiary/aromatic N) is 8. The molecule has 634 valence electrons. The van der Waals surface area contributed by atoms with Crippen LogP contribution >= 0.6 is 20.0 Å². The first kappa shape index (κ1) is 91.1. The van der Waals surface area contributed by atoms with Crippen LogP contribution in [-0.2, 0) is 0 Å². The van der Waals surface area contributed by atoms with Crippen LogP contribution in [0.4, 0.5) is 11.6 Å². The molecule has 115 heavy (non-hydrogen) atoms. The van der Waals surface area contributed by atoms with Crippen molar-refractivity contribution in [2.24, 2.45) is 30.0 Å². The molecular formula is C96H144Cl2GeN8O8. The van der Waals surface area contributed by atoms with Crippen LogP contribution in [0.2, 0.25) is 0 Å². The minimum absolute atomic E-state index is 0.423. The van der Waals surface area contributed by atoms with Gasteiger partial charge in [-0.3, -0.25) is 0 Å². The molecule has 0 radical (unpaired) electrons. The van der Waals surface area contributed by atoms with Gasteiger partial charge in [-0.15, -0.1) is 0 Å². The number of aromatic nitrogens is 2. The van der Waals surface area contributed by atoms with Gasteiger partial charge in [0.2, 0.25) is 0 Å². The van der Waals surface area contributed by atoms with Crippen molar-refractivity contribution in [3.63, 3.8) is 0 Å². The van der Waals surface area contributed by atoms with Gasteiger partial charge >= 0.3 is 549 Å². The number of unbranched alkanes of at least 4 members (excludes halogenated alkanes) is 40.